The van der Waals surface area contributed by atoms with Gasteiger partial charge in [-0.3, -0.25) is 0 Å². The van der Waals surface area contributed by atoms with Crippen molar-refractivity contribution in [2.75, 3.05) is 0 Å². The van der Waals surface area contributed by atoms with Crippen LogP contribution < -0.4 is 4.72 Å². The molecule has 2 saturated carbocycles. The fourth-order valence-corrected chi connectivity index (χ4v) is 7.59. The highest BCUT2D eigenvalue weighted by Crippen LogP contribution is 2.56. The molecule has 29 heavy (non-hydrogen) atoms. The second-order valence-corrected chi connectivity index (χ2v) is 11.9. The SMILES string of the molecule is C#SNC1CC(C2(C)CCC(Cl)C(C)(C)O2)C2C(CCC(C)(O)C2N=S=C)C1C. The van der Waals surface area contributed by atoms with Crippen LogP contribution in [0, 0.1) is 29.4 Å². The van der Waals surface area contributed by atoms with Crippen molar-refractivity contribution in [2.45, 2.75) is 101 Å². The summed E-state index contributed by atoms with van der Waals surface area (Å²) < 4.78 is 15.0. The van der Waals surface area contributed by atoms with E-state index in [1.165, 1.54) is 22.5 Å². The maximum Gasteiger partial charge on any atom is 0.0940 e. The minimum Gasteiger partial charge on any atom is -0.388 e. The number of hydrogen-bond acceptors (Lipinski definition) is 4. The predicted molar refractivity (Wildman–Crippen MR) is 127 cm³/mol. The van der Waals surface area contributed by atoms with Gasteiger partial charge >= 0.3 is 0 Å². The summed E-state index contributed by atoms with van der Waals surface area (Å²) in [4.78, 5) is 0. The molecule has 0 amide bonds. The molecule has 4 nitrogen and oxygen atoms in total. The van der Waals surface area contributed by atoms with Crippen molar-refractivity contribution >= 4 is 40.0 Å². The number of aliphatic hydroxyl groups is 1. The Morgan fingerprint density at radius 2 is 1.93 bits per heavy atom. The Morgan fingerprint density at radius 3 is 2.52 bits per heavy atom. The summed E-state index contributed by atoms with van der Waals surface area (Å²) in [7, 11) is 0. The number of rotatable bonds is 3. The average molecular weight is 461 g/mol. The first-order valence-electron chi connectivity index (χ1n) is 10.8. The van der Waals surface area contributed by atoms with Crippen molar-refractivity contribution in [3.05, 3.63) is 0 Å². The second-order valence-electron chi connectivity index (χ2n) is 10.4. The van der Waals surface area contributed by atoms with Gasteiger partial charge in [0, 0.05) is 6.04 Å². The van der Waals surface area contributed by atoms with E-state index < -0.39 is 5.60 Å². The molecule has 3 fully saturated rings. The van der Waals surface area contributed by atoms with Gasteiger partial charge in [0.25, 0.3) is 0 Å². The van der Waals surface area contributed by atoms with Crippen LogP contribution in [0.4, 0.5) is 0 Å². The zero-order valence-corrected chi connectivity index (χ0v) is 20.7. The Morgan fingerprint density at radius 1 is 1.24 bits per heavy atom. The maximum absolute atomic E-state index is 11.3. The third-order valence-electron chi connectivity index (χ3n) is 8.10. The molecule has 7 heteroatoms. The third-order valence-corrected chi connectivity index (χ3v) is 9.66. The van der Waals surface area contributed by atoms with Gasteiger partial charge in [-0.05, 0) is 89.3 Å². The van der Waals surface area contributed by atoms with Crippen molar-refractivity contribution in [1.82, 2.24) is 4.72 Å². The van der Waals surface area contributed by atoms with Crippen molar-refractivity contribution in [3.63, 3.8) is 0 Å². The first-order chi connectivity index (χ1) is 13.5. The highest BCUT2D eigenvalue weighted by molar-refractivity contribution is 7.86. The van der Waals surface area contributed by atoms with E-state index in [2.05, 4.69) is 38.3 Å². The number of fused-ring (bicyclic) bond motifs is 1. The van der Waals surface area contributed by atoms with Crippen molar-refractivity contribution in [3.8, 4) is 5.69 Å². The van der Waals surface area contributed by atoms with Gasteiger partial charge < -0.3 is 9.84 Å². The van der Waals surface area contributed by atoms with Crippen LogP contribution in [-0.2, 0) is 15.9 Å². The van der Waals surface area contributed by atoms with E-state index in [4.69, 9.17) is 26.4 Å². The number of halogens is 1. The van der Waals surface area contributed by atoms with Gasteiger partial charge in [-0.15, -0.1) is 11.6 Å². The molecule has 9 atom stereocenters. The summed E-state index contributed by atoms with van der Waals surface area (Å²) in [5.74, 6) is 5.30. The molecule has 1 aliphatic heterocycles. The summed E-state index contributed by atoms with van der Waals surface area (Å²) in [6.07, 6.45) is 4.56. The molecule has 1 heterocycles. The van der Waals surface area contributed by atoms with Gasteiger partial charge in [0.15, 0.2) is 0 Å². The highest BCUT2D eigenvalue weighted by Gasteiger charge is 2.59. The normalized spacial score (nSPS) is 49.7. The fourth-order valence-electron chi connectivity index (χ4n) is 6.42. The summed E-state index contributed by atoms with van der Waals surface area (Å²) in [5, 5.41) is 11.3. The van der Waals surface area contributed by atoms with Gasteiger partial charge in [0.2, 0.25) is 0 Å². The van der Waals surface area contributed by atoms with E-state index >= 15 is 0 Å². The zero-order chi connectivity index (χ0) is 21.6. The summed E-state index contributed by atoms with van der Waals surface area (Å²) in [5.41, 5.74) is 4.29. The minimum absolute atomic E-state index is 0.00718. The summed E-state index contributed by atoms with van der Waals surface area (Å²) in [6.45, 7) is 10.7. The van der Waals surface area contributed by atoms with Crippen LogP contribution in [0.5, 0.6) is 0 Å². The second kappa shape index (κ2) is 8.54. The van der Waals surface area contributed by atoms with Crippen LogP contribution >= 0.6 is 23.0 Å². The molecule has 0 bridgehead atoms. The van der Waals surface area contributed by atoms with E-state index in [1.54, 1.807) is 0 Å². The Balaban J connectivity index is 2.06. The molecule has 9 unspecified atom stereocenters. The summed E-state index contributed by atoms with van der Waals surface area (Å²) >= 11 is 9.06. The maximum atomic E-state index is 11.3. The van der Waals surface area contributed by atoms with Gasteiger partial charge in [-0.1, -0.05) is 35.1 Å². The predicted octanol–water partition coefficient (Wildman–Crippen LogP) is 4.64. The number of ether oxygens (including phenoxy) is 1. The standard InChI is InChI=1S/C22H37ClN2O2S2/c1-13-14-8-10-21(4,26)19(25-29-7)18(14)15(12-16(13)24-28-6)22(5)11-9-17(23)20(2,3)27-22/h6,13-19,24,26H,7-12H2,1-5H3. The highest BCUT2D eigenvalue weighted by atomic mass is 35.5. The van der Waals surface area contributed by atoms with Crippen molar-refractivity contribution in [1.29, 1.82) is 0 Å². The minimum atomic E-state index is -0.817. The lowest BCUT2D eigenvalue weighted by atomic mass is 9.52. The molecule has 3 rings (SSSR count). The Hall–Kier alpha value is 0.0600. The molecular formula is C22H37ClN2O2S2. The molecule has 0 radical (unpaired) electrons. The number of nitrogens with zero attached hydrogens (tertiary/aromatic N) is 1. The molecule has 0 aromatic carbocycles. The van der Waals surface area contributed by atoms with Crippen LogP contribution in [-0.4, -0.2) is 45.2 Å². The van der Waals surface area contributed by atoms with Gasteiger partial charge in [-0.25, -0.2) is 9.08 Å². The lowest BCUT2D eigenvalue weighted by molar-refractivity contribution is -0.221. The Bertz CT molecular complexity index is 718. The van der Waals surface area contributed by atoms with Crippen LogP contribution in [0.15, 0.2) is 4.36 Å². The molecule has 0 spiro atoms. The molecule has 2 N–H and O–H groups in total. The van der Waals surface area contributed by atoms with E-state index in [1.807, 2.05) is 6.92 Å². The lowest BCUT2D eigenvalue weighted by Gasteiger charge is -2.60. The molecule has 1 saturated heterocycles. The monoisotopic (exact) mass is 460 g/mol. The zero-order valence-electron chi connectivity index (χ0n) is 18.4. The third kappa shape index (κ3) is 4.37. The van der Waals surface area contributed by atoms with Crippen LogP contribution in [0.25, 0.3) is 0 Å². The van der Waals surface area contributed by atoms with Crippen molar-refractivity contribution < 1.29 is 9.84 Å². The van der Waals surface area contributed by atoms with Crippen molar-refractivity contribution in [2.24, 2.45) is 28.0 Å². The van der Waals surface area contributed by atoms with Gasteiger partial charge in [0.05, 0.1) is 28.2 Å². The smallest absolute Gasteiger partial charge is 0.0940 e. The van der Waals surface area contributed by atoms with E-state index in [9.17, 15) is 5.11 Å². The molecule has 0 aromatic rings. The van der Waals surface area contributed by atoms with E-state index in [0.717, 1.165) is 32.1 Å². The average Bonchev–Trinajstić information content (AvgIpc) is 2.62. The molecule has 0 aromatic heterocycles. The first-order valence-corrected chi connectivity index (χ1v) is 13.0. The number of hydrogen-bond donors (Lipinski definition) is 2. The first kappa shape index (κ1) is 23.7. The van der Waals surface area contributed by atoms with Gasteiger partial charge in [-0.2, -0.15) is 0 Å². The largest absolute Gasteiger partial charge is 0.388 e. The number of alkyl halides is 1. The van der Waals surface area contributed by atoms with E-state index in [-0.39, 0.29) is 34.5 Å². The van der Waals surface area contributed by atoms with E-state index in [0.29, 0.717) is 17.9 Å². The number of nitrogens with one attached hydrogen (secondary N) is 1. The lowest BCUT2D eigenvalue weighted by Crippen LogP contribution is -2.64. The summed E-state index contributed by atoms with van der Waals surface area (Å²) in [6, 6.07) is 0.157. The molecule has 3 aliphatic rings. The Kier molecular flexibility index (Phi) is 6.98. The molecular weight excluding hydrogens is 424 g/mol. The molecule has 2 aliphatic carbocycles. The van der Waals surface area contributed by atoms with Crippen LogP contribution in [0.1, 0.15) is 66.7 Å². The van der Waals surface area contributed by atoms with Crippen LogP contribution in [0.2, 0.25) is 0 Å². The topological polar surface area (TPSA) is 53.8 Å². The Labute approximate surface area is 189 Å². The molecule has 166 valence electrons. The fraction of sp³-hybridized carbons (Fsp3) is 0.909. The van der Waals surface area contributed by atoms with Gasteiger partial charge in [0.1, 0.15) is 0 Å². The van der Waals surface area contributed by atoms with Crippen LogP contribution in [0.3, 0.4) is 0 Å². The quantitative estimate of drug-likeness (QED) is 0.366.